The van der Waals surface area contributed by atoms with Crippen molar-refractivity contribution in [1.82, 2.24) is 0 Å². The van der Waals surface area contributed by atoms with E-state index >= 15 is 0 Å². The van der Waals surface area contributed by atoms with Crippen LogP contribution < -0.4 is 0 Å². The van der Waals surface area contributed by atoms with E-state index in [1.807, 2.05) is 0 Å². The third kappa shape index (κ3) is 6.82. The molecular weight excluding hydrogens is 228 g/mol. The summed E-state index contributed by atoms with van der Waals surface area (Å²) in [5.74, 6) is 3.15. The van der Waals surface area contributed by atoms with Crippen molar-refractivity contribution >= 4 is 0 Å². The normalized spacial score (nSPS) is 24.9. The summed E-state index contributed by atoms with van der Waals surface area (Å²) in [4.78, 5) is 0. The zero-order chi connectivity index (χ0) is 14.3. The van der Waals surface area contributed by atoms with Gasteiger partial charge in [0.1, 0.15) is 0 Å². The highest BCUT2D eigenvalue weighted by atomic mass is 14.3. The van der Waals surface area contributed by atoms with Gasteiger partial charge in [-0.15, -0.1) is 0 Å². The summed E-state index contributed by atoms with van der Waals surface area (Å²) in [6.07, 6.45) is 14.8. The molecule has 3 fully saturated rings. The van der Waals surface area contributed by atoms with Crippen LogP contribution in [0.5, 0.6) is 0 Å². The van der Waals surface area contributed by atoms with E-state index in [1.54, 1.807) is 0 Å². The van der Waals surface area contributed by atoms with Crippen molar-refractivity contribution in [2.75, 3.05) is 0 Å². The monoisotopic (exact) mass is 266 g/mol. The third-order valence-electron chi connectivity index (χ3n) is 5.60. The molecule has 0 aromatic heterocycles. The Morgan fingerprint density at radius 1 is 0.895 bits per heavy atom. The van der Waals surface area contributed by atoms with Gasteiger partial charge in [0, 0.05) is 0 Å². The summed E-state index contributed by atoms with van der Waals surface area (Å²) in [5.41, 5.74) is 0.722. The minimum Gasteiger partial charge on any atom is -0.0651 e. The molecule has 0 amide bonds. The van der Waals surface area contributed by atoms with Crippen LogP contribution in [0.15, 0.2) is 0 Å². The molecule has 19 heavy (non-hydrogen) atoms. The molecule has 3 saturated carbocycles. The van der Waals surface area contributed by atoms with Crippen molar-refractivity contribution in [3.05, 3.63) is 0 Å². The van der Waals surface area contributed by atoms with Gasteiger partial charge in [-0.05, 0) is 36.0 Å². The van der Waals surface area contributed by atoms with Crippen molar-refractivity contribution in [3.63, 3.8) is 0 Å². The van der Waals surface area contributed by atoms with Crippen molar-refractivity contribution in [3.8, 4) is 0 Å². The number of hydrogen-bond acceptors (Lipinski definition) is 0. The SMILES string of the molecule is CC(C)C1CCC1.CC1(C)CCC1.CCC1CCC1. The van der Waals surface area contributed by atoms with E-state index in [0.29, 0.717) is 0 Å². The summed E-state index contributed by atoms with van der Waals surface area (Å²) in [5, 5.41) is 0. The maximum Gasteiger partial charge on any atom is -0.0354 e. The van der Waals surface area contributed by atoms with E-state index in [0.717, 1.165) is 23.2 Å². The Kier molecular flexibility index (Phi) is 7.47. The average molecular weight is 267 g/mol. The van der Waals surface area contributed by atoms with Crippen molar-refractivity contribution in [1.29, 1.82) is 0 Å². The summed E-state index contributed by atoms with van der Waals surface area (Å²) in [6.45, 7) is 11.6. The van der Waals surface area contributed by atoms with E-state index in [1.165, 1.54) is 64.2 Å². The van der Waals surface area contributed by atoms with Crippen LogP contribution in [0.3, 0.4) is 0 Å². The van der Waals surface area contributed by atoms with Crippen molar-refractivity contribution < 1.29 is 0 Å². The molecule has 3 aliphatic rings. The highest BCUT2D eigenvalue weighted by molar-refractivity contribution is 4.77. The van der Waals surface area contributed by atoms with E-state index < -0.39 is 0 Å². The molecule has 0 heteroatoms. The van der Waals surface area contributed by atoms with Gasteiger partial charge in [-0.2, -0.15) is 0 Å². The van der Waals surface area contributed by atoms with Crippen LogP contribution in [0.2, 0.25) is 0 Å². The third-order valence-corrected chi connectivity index (χ3v) is 5.60. The van der Waals surface area contributed by atoms with Crippen LogP contribution in [-0.2, 0) is 0 Å². The molecule has 0 aliphatic heterocycles. The molecule has 114 valence electrons. The molecule has 3 rings (SSSR count). The lowest BCUT2D eigenvalue weighted by Crippen LogP contribution is -2.20. The van der Waals surface area contributed by atoms with E-state index in [2.05, 4.69) is 34.6 Å². The van der Waals surface area contributed by atoms with Crippen LogP contribution in [0.1, 0.15) is 98.8 Å². The first kappa shape index (κ1) is 17.1. The molecule has 0 saturated heterocycles. The van der Waals surface area contributed by atoms with Gasteiger partial charge in [-0.3, -0.25) is 0 Å². The van der Waals surface area contributed by atoms with Gasteiger partial charge >= 0.3 is 0 Å². The second-order valence-corrected chi connectivity index (χ2v) is 8.16. The molecule has 0 unspecified atom stereocenters. The molecule has 0 bridgehead atoms. The Morgan fingerprint density at radius 3 is 1.37 bits per heavy atom. The average Bonchev–Trinajstić information content (AvgIpc) is 2.12. The van der Waals surface area contributed by atoms with Crippen LogP contribution >= 0.6 is 0 Å². The van der Waals surface area contributed by atoms with Crippen molar-refractivity contribution in [2.24, 2.45) is 23.2 Å². The fraction of sp³-hybridized carbons (Fsp3) is 1.00. The van der Waals surface area contributed by atoms with Gasteiger partial charge in [0.2, 0.25) is 0 Å². The molecule has 0 atom stereocenters. The fourth-order valence-corrected chi connectivity index (χ4v) is 2.89. The van der Waals surface area contributed by atoms with Crippen molar-refractivity contribution in [2.45, 2.75) is 98.8 Å². The Labute approximate surface area is 122 Å². The van der Waals surface area contributed by atoms with Gasteiger partial charge < -0.3 is 0 Å². The van der Waals surface area contributed by atoms with Gasteiger partial charge in [0.15, 0.2) is 0 Å². The van der Waals surface area contributed by atoms with Crippen LogP contribution in [0, 0.1) is 23.2 Å². The first-order valence-corrected chi connectivity index (χ1v) is 8.94. The van der Waals surface area contributed by atoms with Gasteiger partial charge in [-0.1, -0.05) is 86.0 Å². The molecule has 0 radical (unpaired) electrons. The minimum absolute atomic E-state index is 0.722. The standard InChI is InChI=1S/C7H14.2C6H12/c1-6(2)7-4-3-5-7;1-6(2)4-3-5-6;1-2-6-4-3-5-6/h6-7H,3-5H2,1-2H3;3-5H2,1-2H3;6H,2-5H2,1H3. The fourth-order valence-electron chi connectivity index (χ4n) is 2.89. The number of rotatable bonds is 2. The molecule has 0 aromatic rings. The summed E-state index contributed by atoms with van der Waals surface area (Å²) in [7, 11) is 0. The molecular formula is C19H38. The smallest absolute Gasteiger partial charge is 0.0354 e. The summed E-state index contributed by atoms with van der Waals surface area (Å²) >= 11 is 0. The summed E-state index contributed by atoms with van der Waals surface area (Å²) < 4.78 is 0. The first-order valence-electron chi connectivity index (χ1n) is 8.94. The minimum atomic E-state index is 0.722. The van der Waals surface area contributed by atoms with Crippen LogP contribution in [-0.4, -0.2) is 0 Å². The summed E-state index contributed by atoms with van der Waals surface area (Å²) in [6, 6.07) is 0. The van der Waals surface area contributed by atoms with E-state index in [9.17, 15) is 0 Å². The highest BCUT2D eigenvalue weighted by Gasteiger charge is 2.25. The Balaban J connectivity index is 0.000000143. The maximum absolute atomic E-state index is 2.33. The lowest BCUT2D eigenvalue weighted by molar-refractivity contribution is 0.190. The predicted octanol–water partition coefficient (Wildman–Crippen LogP) is 6.84. The van der Waals surface area contributed by atoms with Gasteiger partial charge in [0.05, 0.1) is 0 Å². The van der Waals surface area contributed by atoms with Crippen LogP contribution in [0.4, 0.5) is 0 Å². The zero-order valence-corrected chi connectivity index (χ0v) is 14.3. The molecule has 0 spiro atoms. The quantitative estimate of drug-likeness (QED) is 0.513. The highest BCUT2D eigenvalue weighted by Crippen LogP contribution is 2.38. The van der Waals surface area contributed by atoms with Gasteiger partial charge in [0.25, 0.3) is 0 Å². The molecule has 0 N–H and O–H groups in total. The topological polar surface area (TPSA) is 0 Å². The lowest BCUT2D eigenvalue weighted by atomic mass is 9.72. The first-order chi connectivity index (χ1) is 8.94. The Hall–Kier alpha value is 0. The second kappa shape index (κ2) is 8.32. The molecule has 3 aliphatic carbocycles. The van der Waals surface area contributed by atoms with E-state index in [-0.39, 0.29) is 0 Å². The second-order valence-electron chi connectivity index (χ2n) is 8.16. The Bertz CT molecular complexity index is 209. The largest absolute Gasteiger partial charge is 0.0651 e. The molecule has 0 heterocycles. The zero-order valence-electron chi connectivity index (χ0n) is 14.3. The lowest BCUT2D eigenvalue weighted by Gasteiger charge is -2.33. The predicted molar refractivity (Wildman–Crippen MR) is 87.4 cm³/mol. The van der Waals surface area contributed by atoms with E-state index in [4.69, 9.17) is 0 Å². The Morgan fingerprint density at radius 2 is 1.37 bits per heavy atom. The maximum atomic E-state index is 2.33. The van der Waals surface area contributed by atoms with Crippen LogP contribution in [0.25, 0.3) is 0 Å². The number of hydrogen-bond donors (Lipinski definition) is 0. The molecule has 0 aromatic carbocycles. The van der Waals surface area contributed by atoms with Gasteiger partial charge in [-0.25, -0.2) is 0 Å². The molecule has 0 nitrogen and oxygen atoms in total.